The summed E-state index contributed by atoms with van der Waals surface area (Å²) in [5.41, 5.74) is 1.14. The van der Waals surface area contributed by atoms with Crippen LogP contribution in [0.4, 0.5) is 18.9 Å². The molecule has 3 heterocycles. The molecule has 200 valence electrons. The first-order valence-corrected chi connectivity index (χ1v) is 13.5. The molecule has 2 fully saturated rings. The second-order valence-electron chi connectivity index (χ2n) is 9.51. The number of allylic oxidation sites excluding steroid dienone is 2. The van der Waals surface area contributed by atoms with E-state index in [2.05, 4.69) is 33.2 Å². The summed E-state index contributed by atoms with van der Waals surface area (Å²) < 4.78 is 46.4. The lowest BCUT2D eigenvalue weighted by molar-refractivity contribution is -0.137. The average Bonchev–Trinajstić information content (AvgIpc) is 3.47. The largest absolute Gasteiger partial charge is 0.461 e. The van der Waals surface area contributed by atoms with Gasteiger partial charge in [0.25, 0.3) is 0 Å². The van der Waals surface area contributed by atoms with Crippen molar-refractivity contribution in [3.05, 3.63) is 66.7 Å². The van der Waals surface area contributed by atoms with Crippen molar-refractivity contribution >= 4 is 23.2 Å². The van der Waals surface area contributed by atoms with Gasteiger partial charge in [0.05, 0.1) is 11.8 Å². The number of hydrogen-bond acceptors (Lipinski definition) is 6. The number of hydrogen-bond donors (Lipinski definition) is 0. The Balaban J connectivity index is 1.30. The normalized spacial score (nSPS) is 20.9. The Morgan fingerprint density at radius 2 is 1.89 bits per heavy atom. The van der Waals surface area contributed by atoms with Crippen LogP contribution in [0.15, 0.2) is 60.5 Å². The van der Waals surface area contributed by atoms with Crippen molar-refractivity contribution in [2.24, 2.45) is 13.0 Å². The van der Waals surface area contributed by atoms with Crippen LogP contribution in [0, 0.1) is 5.92 Å². The molecule has 0 bridgehead atoms. The summed E-state index contributed by atoms with van der Waals surface area (Å²) in [6.07, 6.45) is 2.01. The number of rotatable bonds is 10. The maximum Gasteiger partial charge on any atom is 0.416 e. The second kappa shape index (κ2) is 11.8. The number of nitrogens with zero attached hydrogens (tertiary/aromatic N) is 5. The number of piperidine rings is 1. The van der Waals surface area contributed by atoms with Crippen LogP contribution in [0.25, 0.3) is 5.76 Å². The zero-order chi connectivity index (χ0) is 26.6. The zero-order valence-corrected chi connectivity index (χ0v) is 22.2. The molecule has 0 radical (unpaired) electrons. The van der Waals surface area contributed by atoms with Gasteiger partial charge in [-0.25, -0.2) is 0 Å². The highest BCUT2D eigenvalue weighted by Gasteiger charge is 2.38. The molecule has 0 amide bonds. The van der Waals surface area contributed by atoms with Gasteiger partial charge in [-0.15, -0.1) is 10.2 Å². The van der Waals surface area contributed by atoms with Crippen molar-refractivity contribution in [3.63, 3.8) is 0 Å². The number of ether oxygens (including phenoxy) is 1. The fourth-order valence-corrected chi connectivity index (χ4v) is 5.99. The summed E-state index contributed by atoms with van der Waals surface area (Å²) in [6, 6.07) is 5.97. The molecule has 4 rings (SSSR count). The molecular formula is C27H34F3N5OS. The van der Waals surface area contributed by atoms with Crippen LogP contribution in [0.3, 0.4) is 0 Å². The SMILES string of the molecule is C=CO/C(=C(/C)C=C)c1nnc(SCCCN2CC[C@H]3CCN(c4ccc(C(F)(F)F)cc4)[C@H]3C2)n1C. The number of thioether (sulfide) groups is 1. The van der Waals surface area contributed by atoms with E-state index in [1.807, 2.05) is 18.5 Å². The van der Waals surface area contributed by atoms with Crippen molar-refractivity contribution in [1.82, 2.24) is 19.7 Å². The Labute approximate surface area is 220 Å². The number of halogens is 3. The highest BCUT2D eigenvalue weighted by molar-refractivity contribution is 7.99. The highest BCUT2D eigenvalue weighted by atomic mass is 32.2. The molecule has 0 aliphatic carbocycles. The van der Waals surface area contributed by atoms with Crippen molar-refractivity contribution < 1.29 is 17.9 Å². The smallest absolute Gasteiger partial charge is 0.416 e. The first-order chi connectivity index (χ1) is 17.7. The standard InChI is InChI=1S/C27H34F3N5OS/c1-5-19(3)24(36-6-2)25-31-32-26(33(25)4)37-17-7-14-34-15-12-20-13-16-35(23(20)18-34)22-10-8-21(9-11-22)27(28,29)30/h5-6,8-11,20,23H,1-2,7,12-18H2,3-4H3/b24-19-/t20-,23-/m0/s1. The molecule has 2 saturated heterocycles. The van der Waals surface area contributed by atoms with E-state index in [1.165, 1.54) is 18.4 Å². The molecule has 2 aliphatic heterocycles. The number of aromatic nitrogens is 3. The number of benzene rings is 1. The molecular weight excluding hydrogens is 499 g/mol. The molecule has 0 N–H and O–H groups in total. The van der Waals surface area contributed by atoms with Crippen LogP contribution < -0.4 is 4.90 Å². The fourth-order valence-electron chi connectivity index (χ4n) is 5.16. The van der Waals surface area contributed by atoms with Crippen LogP contribution in [0.2, 0.25) is 0 Å². The van der Waals surface area contributed by atoms with E-state index >= 15 is 0 Å². The monoisotopic (exact) mass is 533 g/mol. The Morgan fingerprint density at radius 1 is 1.16 bits per heavy atom. The molecule has 10 heteroatoms. The number of anilines is 1. The minimum absolute atomic E-state index is 0.350. The van der Waals surface area contributed by atoms with E-state index in [9.17, 15) is 13.2 Å². The van der Waals surface area contributed by atoms with Crippen LogP contribution in [0.1, 0.15) is 37.6 Å². The number of likely N-dealkylation sites (tertiary alicyclic amines) is 1. The molecule has 6 nitrogen and oxygen atoms in total. The molecule has 2 aliphatic rings. The second-order valence-corrected chi connectivity index (χ2v) is 10.6. The third kappa shape index (κ3) is 6.23. The minimum Gasteiger partial charge on any atom is -0.461 e. The van der Waals surface area contributed by atoms with Gasteiger partial charge in [0.1, 0.15) is 0 Å². The lowest BCUT2D eigenvalue weighted by atomic mass is 9.92. The first-order valence-electron chi connectivity index (χ1n) is 12.5. The van der Waals surface area contributed by atoms with Gasteiger partial charge in [-0.05, 0) is 75.0 Å². The first kappa shape index (κ1) is 27.3. The van der Waals surface area contributed by atoms with Crippen molar-refractivity contribution in [3.8, 4) is 0 Å². The molecule has 0 spiro atoms. The van der Waals surface area contributed by atoms with Gasteiger partial charge >= 0.3 is 6.18 Å². The Kier molecular flexibility index (Phi) is 8.69. The topological polar surface area (TPSA) is 46.4 Å². The summed E-state index contributed by atoms with van der Waals surface area (Å²) in [4.78, 5) is 4.78. The van der Waals surface area contributed by atoms with Crippen molar-refractivity contribution in [1.29, 1.82) is 0 Å². The maximum absolute atomic E-state index is 13.0. The third-order valence-corrected chi connectivity index (χ3v) is 8.33. The molecule has 0 saturated carbocycles. The Hall–Kier alpha value is -2.72. The van der Waals surface area contributed by atoms with E-state index in [0.717, 1.165) is 67.6 Å². The fraction of sp³-hybridized carbons (Fsp3) is 0.481. The van der Waals surface area contributed by atoms with Gasteiger partial charge in [-0.3, -0.25) is 0 Å². The summed E-state index contributed by atoms with van der Waals surface area (Å²) in [5, 5.41) is 9.45. The van der Waals surface area contributed by atoms with Gasteiger partial charge in [-0.1, -0.05) is 31.0 Å². The van der Waals surface area contributed by atoms with Crippen molar-refractivity contribution in [2.45, 2.75) is 43.6 Å². The summed E-state index contributed by atoms with van der Waals surface area (Å²) in [7, 11) is 1.92. The average molecular weight is 534 g/mol. The van der Waals surface area contributed by atoms with E-state index in [-0.39, 0.29) is 0 Å². The highest BCUT2D eigenvalue weighted by Crippen LogP contribution is 2.37. The third-order valence-electron chi connectivity index (χ3n) is 7.23. The molecule has 0 unspecified atom stereocenters. The predicted molar refractivity (Wildman–Crippen MR) is 142 cm³/mol. The lowest BCUT2D eigenvalue weighted by Crippen LogP contribution is -2.48. The minimum atomic E-state index is -4.30. The van der Waals surface area contributed by atoms with E-state index < -0.39 is 11.7 Å². The molecule has 2 aromatic rings. The summed E-state index contributed by atoms with van der Waals surface area (Å²) in [5.74, 6) is 2.72. The zero-order valence-electron chi connectivity index (χ0n) is 21.4. The van der Waals surface area contributed by atoms with Crippen LogP contribution in [-0.2, 0) is 18.0 Å². The van der Waals surface area contributed by atoms with Gasteiger partial charge in [0, 0.05) is 37.6 Å². The Bertz CT molecular complexity index is 1130. The lowest BCUT2D eigenvalue weighted by Gasteiger charge is -2.39. The predicted octanol–water partition coefficient (Wildman–Crippen LogP) is 5.99. The van der Waals surface area contributed by atoms with Crippen LogP contribution in [-0.4, -0.2) is 57.6 Å². The van der Waals surface area contributed by atoms with Crippen molar-refractivity contribution in [2.75, 3.05) is 36.8 Å². The van der Waals surface area contributed by atoms with Gasteiger partial charge < -0.3 is 19.1 Å². The van der Waals surface area contributed by atoms with E-state index in [1.54, 1.807) is 30.0 Å². The molecule has 1 aromatic heterocycles. The van der Waals surface area contributed by atoms with Crippen LogP contribution in [0.5, 0.6) is 0 Å². The molecule has 1 aromatic carbocycles. The molecule has 37 heavy (non-hydrogen) atoms. The van der Waals surface area contributed by atoms with E-state index in [4.69, 9.17) is 4.74 Å². The van der Waals surface area contributed by atoms with Gasteiger partial charge in [0.15, 0.2) is 16.7 Å². The summed E-state index contributed by atoms with van der Waals surface area (Å²) >= 11 is 1.66. The Morgan fingerprint density at radius 3 is 2.57 bits per heavy atom. The number of alkyl halides is 3. The van der Waals surface area contributed by atoms with Gasteiger partial charge in [0.2, 0.25) is 0 Å². The number of fused-ring (bicyclic) bond motifs is 1. The maximum atomic E-state index is 13.0. The molecule has 2 atom stereocenters. The van der Waals surface area contributed by atoms with Crippen LogP contribution >= 0.6 is 11.8 Å². The quantitative estimate of drug-likeness (QED) is 0.162. The van der Waals surface area contributed by atoms with E-state index in [0.29, 0.717) is 23.5 Å². The summed E-state index contributed by atoms with van der Waals surface area (Å²) in [6.45, 7) is 13.2. The van der Waals surface area contributed by atoms with Gasteiger partial charge in [-0.2, -0.15) is 13.2 Å².